The lowest BCUT2D eigenvalue weighted by atomic mass is 10.1. The smallest absolute Gasteiger partial charge is 0.322 e. The van der Waals surface area contributed by atoms with Crippen LogP contribution in [-0.4, -0.2) is 29.1 Å². The van der Waals surface area contributed by atoms with Gasteiger partial charge >= 0.3 is 5.97 Å². The van der Waals surface area contributed by atoms with Gasteiger partial charge in [0, 0.05) is 6.42 Å². The molecule has 108 valence electrons. The highest BCUT2D eigenvalue weighted by atomic mass is 35.5. The van der Waals surface area contributed by atoms with E-state index >= 15 is 0 Å². The zero-order valence-electron chi connectivity index (χ0n) is 11.1. The molecule has 0 saturated carbocycles. The van der Waals surface area contributed by atoms with Crippen LogP contribution in [-0.2, 0) is 9.59 Å². The molecule has 0 bridgehead atoms. The van der Waals surface area contributed by atoms with Crippen molar-refractivity contribution in [1.29, 1.82) is 0 Å². The Bertz CT molecular complexity index is 249. The van der Waals surface area contributed by atoms with Gasteiger partial charge in [-0.05, 0) is 13.3 Å². The molecule has 0 aromatic carbocycles. The fraction of sp³-hybridized carbons (Fsp3) is 0.833. The third-order valence-electron chi connectivity index (χ3n) is 2.72. The van der Waals surface area contributed by atoms with Crippen LogP contribution in [0.5, 0.6) is 0 Å². The maximum atomic E-state index is 11.5. The van der Waals surface area contributed by atoms with Gasteiger partial charge in [0.05, 0.1) is 6.04 Å². The first-order valence-corrected chi connectivity index (χ1v) is 6.26. The van der Waals surface area contributed by atoms with Gasteiger partial charge in [-0.2, -0.15) is 0 Å². The summed E-state index contributed by atoms with van der Waals surface area (Å²) in [6.45, 7) is 3.75. The fourth-order valence-electron chi connectivity index (χ4n) is 1.52. The van der Waals surface area contributed by atoms with Crippen molar-refractivity contribution in [3.8, 4) is 0 Å². The number of unbranched alkanes of at least 4 members (excludes halogenated alkanes) is 4. The van der Waals surface area contributed by atoms with E-state index in [1.54, 1.807) is 6.92 Å². The van der Waals surface area contributed by atoms with E-state index in [4.69, 9.17) is 10.8 Å². The number of amides is 1. The maximum Gasteiger partial charge on any atom is 0.322 e. The lowest BCUT2D eigenvalue weighted by molar-refractivity contribution is -0.139. The number of nitrogens with two attached hydrogens (primary N) is 1. The molecule has 1 amide bonds. The molecule has 18 heavy (non-hydrogen) atoms. The van der Waals surface area contributed by atoms with Gasteiger partial charge in [0.1, 0.15) is 6.04 Å². The number of carboxylic acids is 1. The lowest BCUT2D eigenvalue weighted by Gasteiger charge is -2.17. The third kappa shape index (κ3) is 9.24. The van der Waals surface area contributed by atoms with Crippen LogP contribution in [0.2, 0.25) is 0 Å². The average Bonchev–Trinajstić information content (AvgIpc) is 2.27. The van der Waals surface area contributed by atoms with Crippen molar-refractivity contribution in [2.24, 2.45) is 5.73 Å². The van der Waals surface area contributed by atoms with Crippen LogP contribution < -0.4 is 11.1 Å². The average molecular weight is 281 g/mol. The molecular weight excluding hydrogens is 256 g/mol. The molecular formula is C12H25ClN2O3. The normalized spacial score (nSPS) is 13.3. The third-order valence-corrected chi connectivity index (χ3v) is 2.72. The Morgan fingerprint density at radius 1 is 1.22 bits per heavy atom. The summed E-state index contributed by atoms with van der Waals surface area (Å²) < 4.78 is 0. The Morgan fingerprint density at radius 3 is 2.28 bits per heavy atom. The Labute approximate surface area is 115 Å². The van der Waals surface area contributed by atoms with Gasteiger partial charge in [0.2, 0.25) is 5.91 Å². The summed E-state index contributed by atoms with van der Waals surface area (Å²) in [5.41, 5.74) is 5.39. The molecule has 0 rings (SSSR count). The minimum absolute atomic E-state index is 0. The second-order valence-corrected chi connectivity index (χ2v) is 4.38. The predicted octanol–water partition coefficient (Wildman–Crippen LogP) is 1.69. The van der Waals surface area contributed by atoms with Gasteiger partial charge in [0.25, 0.3) is 0 Å². The van der Waals surface area contributed by atoms with Gasteiger partial charge in [-0.25, -0.2) is 0 Å². The van der Waals surface area contributed by atoms with Crippen molar-refractivity contribution in [1.82, 2.24) is 5.32 Å². The first kappa shape index (κ1) is 19.5. The van der Waals surface area contributed by atoms with Gasteiger partial charge in [-0.1, -0.05) is 32.6 Å². The van der Waals surface area contributed by atoms with E-state index < -0.39 is 18.1 Å². The highest BCUT2D eigenvalue weighted by molar-refractivity contribution is 5.85. The quantitative estimate of drug-likeness (QED) is 0.560. The summed E-state index contributed by atoms with van der Waals surface area (Å²) in [4.78, 5) is 22.0. The molecule has 0 aromatic heterocycles. The number of nitrogens with one attached hydrogen (secondary N) is 1. The topological polar surface area (TPSA) is 92.4 Å². The maximum absolute atomic E-state index is 11.5. The molecule has 5 nitrogen and oxygen atoms in total. The van der Waals surface area contributed by atoms with Gasteiger partial charge in [0.15, 0.2) is 0 Å². The fourth-order valence-corrected chi connectivity index (χ4v) is 1.52. The molecule has 0 spiro atoms. The van der Waals surface area contributed by atoms with E-state index in [-0.39, 0.29) is 18.3 Å². The molecule has 0 aliphatic rings. The van der Waals surface area contributed by atoms with E-state index in [1.165, 1.54) is 12.8 Å². The molecule has 0 radical (unpaired) electrons. The summed E-state index contributed by atoms with van der Waals surface area (Å²) >= 11 is 0. The number of carbonyl (C=O) groups is 2. The van der Waals surface area contributed by atoms with Crippen LogP contribution in [0.15, 0.2) is 0 Å². The second kappa shape index (κ2) is 11.3. The van der Waals surface area contributed by atoms with E-state index in [9.17, 15) is 9.59 Å². The van der Waals surface area contributed by atoms with E-state index in [2.05, 4.69) is 12.2 Å². The van der Waals surface area contributed by atoms with Crippen molar-refractivity contribution in [2.45, 2.75) is 64.5 Å². The summed E-state index contributed by atoms with van der Waals surface area (Å²) in [6.07, 6.45) is 5.86. The molecule has 0 fully saturated rings. The zero-order valence-corrected chi connectivity index (χ0v) is 12.0. The molecule has 0 heterocycles. The number of carbonyl (C=O) groups excluding carboxylic acids is 1. The highest BCUT2D eigenvalue weighted by Gasteiger charge is 2.21. The molecule has 0 aliphatic carbocycles. The Morgan fingerprint density at radius 2 is 1.78 bits per heavy atom. The number of carboxylic acid groups (broad SMARTS) is 1. The van der Waals surface area contributed by atoms with E-state index in [1.807, 2.05) is 0 Å². The summed E-state index contributed by atoms with van der Waals surface area (Å²) in [7, 11) is 0. The van der Waals surface area contributed by atoms with Crippen LogP contribution in [0, 0.1) is 0 Å². The summed E-state index contributed by atoms with van der Waals surface area (Å²) in [5, 5.41) is 11.3. The first-order valence-electron chi connectivity index (χ1n) is 6.26. The van der Waals surface area contributed by atoms with Crippen molar-refractivity contribution < 1.29 is 14.7 Å². The Balaban J connectivity index is 0. The molecule has 0 aliphatic heterocycles. The van der Waals surface area contributed by atoms with Crippen molar-refractivity contribution in [3.63, 3.8) is 0 Å². The lowest BCUT2D eigenvalue weighted by Crippen LogP contribution is -2.49. The van der Waals surface area contributed by atoms with Crippen LogP contribution in [0.25, 0.3) is 0 Å². The van der Waals surface area contributed by atoms with E-state index in [0.717, 1.165) is 19.3 Å². The molecule has 0 saturated heterocycles. The highest BCUT2D eigenvalue weighted by Crippen LogP contribution is 2.05. The van der Waals surface area contributed by atoms with E-state index in [0.29, 0.717) is 6.42 Å². The number of aliphatic carboxylic acids is 1. The minimum Gasteiger partial charge on any atom is -0.480 e. The van der Waals surface area contributed by atoms with Crippen LogP contribution in [0.4, 0.5) is 0 Å². The molecule has 4 N–H and O–H groups in total. The Kier molecular flexibility index (Phi) is 12.2. The number of hydrogen-bond donors (Lipinski definition) is 3. The van der Waals surface area contributed by atoms with Crippen LogP contribution in [0.3, 0.4) is 0 Å². The Hall–Kier alpha value is -0.810. The van der Waals surface area contributed by atoms with Crippen molar-refractivity contribution in [2.75, 3.05) is 0 Å². The van der Waals surface area contributed by atoms with Crippen LogP contribution >= 0.6 is 12.4 Å². The van der Waals surface area contributed by atoms with Gasteiger partial charge in [-0.3, -0.25) is 9.59 Å². The largest absolute Gasteiger partial charge is 0.480 e. The molecule has 2 unspecified atom stereocenters. The standard InChI is InChI=1S/C12H24N2O3.ClH/c1-3-4-5-6-7-8-10(15)14-9(2)11(13)12(16)17;/h9,11H,3-8,13H2,1-2H3,(H,14,15)(H,16,17);1H. The minimum atomic E-state index is -1.10. The monoisotopic (exact) mass is 280 g/mol. The summed E-state index contributed by atoms with van der Waals surface area (Å²) in [6, 6.07) is -1.57. The number of hydrogen-bond acceptors (Lipinski definition) is 3. The van der Waals surface area contributed by atoms with Crippen LogP contribution in [0.1, 0.15) is 52.4 Å². The number of rotatable bonds is 9. The van der Waals surface area contributed by atoms with Gasteiger partial charge < -0.3 is 16.2 Å². The SMILES string of the molecule is CCCCCCCC(=O)NC(C)C(N)C(=O)O.Cl. The zero-order chi connectivity index (χ0) is 13.3. The first-order chi connectivity index (χ1) is 7.99. The molecule has 0 aromatic rings. The summed E-state index contributed by atoms with van der Waals surface area (Å²) in [5.74, 6) is -1.22. The second-order valence-electron chi connectivity index (χ2n) is 4.38. The molecule has 2 atom stereocenters. The van der Waals surface area contributed by atoms with Crippen molar-refractivity contribution in [3.05, 3.63) is 0 Å². The van der Waals surface area contributed by atoms with Crippen molar-refractivity contribution >= 4 is 24.3 Å². The number of halogens is 1. The predicted molar refractivity (Wildman–Crippen MR) is 73.8 cm³/mol. The molecule has 6 heteroatoms. The van der Waals surface area contributed by atoms with Gasteiger partial charge in [-0.15, -0.1) is 12.4 Å².